The molecule has 0 aromatic heterocycles. The van der Waals surface area contributed by atoms with Crippen molar-refractivity contribution in [3.05, 3.63) is 29.8 Å². The van der Waals surface area contributed by atoms with Gasteiger partial charge in [0.1, 0.15) is 0 Å². The van der Waals surface area contributed by atoms with Gasteiger partial charge in [-0.05, 0) is 50.3 Å². The highest BCUT2D eigenvalue weighted by Gasteiger charge is 2.21. The molecule has 3 rings (SSSR count). The summed E-state index contributed by atoms with van der Waals surface area (Å²) >= 11 is 0. The molecular weight excluding hydrogens is 298 g/mol. The summed E-state index contributed by atoms with van der Waals surface area (Å²) < 4.78 is 0. The van der Waals surface area contributed by atoms with E-state index in [9.17, 15) is 5.11 Å². The van der Waals surface area contributed by atoms with Crippen molar-refractivity contribution >= 4 is 5.69 Å². The third-order valence-corrected chi connectivity index (χ3v) is 5.52. The van der Waals surface area contributed by atoms with Crippen LogP contribution in [0.15, 0.2) is 24.3 Å². The number of nitrogens with one attached hydrogen (secondary N) is 1. The lowest BCUT2D eigenvalue weighted by Gasteiger charge is -2.37. The normalized spacial score (nSPS) is 25.8. The van der Waals surface area contributed by atoms with Gasteiger partial charge in [0.05, 0.1) is 6.10 Å². The molecule has 4 heteroatoms. The van der Waals surface area contributed by atoms with E-state index in [1.165, 1.54) is 37.3 Å². The van der Waals surface area contributed by atoms with E-state index in [4.69, 9.17) is 0 Å². The van der Waals surface area contributed by atoms with Crippen molar-refractivity contribution < 1.29 is 5.11 Å². The van der Waals surface area contributed by atoms with Gasteiger partial charge in [0.25, 0.3) is 0 Å². The Morgan fingerprint density at radius 2 is 1.75 bits per heavy atom. The summed E-state index contributed by atoms with van der Waals surface area (Å²) in [6.07, 6.45) is 5.25. The molecule has 2 fully saturated rings. The minimum absolute atomic E-state index is 0.0743. The van der Waals surface area contributed by atoms with Crippen molar-refractivity contribution in [2.45, 2.75) is 57.7 Å². The Morgan fingerprint density at radius 1 is 1.04 bits per heavy atom. The van der Waals surface area contributed by atoms with Crippen molar-refractivity contribution in [1.82, 2.24) is 10.2 Å². The molecule has 0 spiro atoms. The summed E-state index contributed by atoms with van der Waals surface area (Å²) in [6.45, 7) is 9.04. The number of anilines is 1. The number of hydrogen-bond acceptors (Lipinski definition) is 4. The van der Waals surface area contributed by atoms with Crippen LogP contribution in [0.5, 0.6) is 0 Å². The number of benzene rings is 1. The lowest BCUT2D eigenvalue weighted by Crippen LogP contribution is -2.47. The third kappa shape index (κ3) is 4.71. The molecule has 0 amide bonds. The molecule has 24 heavy (non-hydrogen) atoms. The third-order valence-electron chi connectivity index (χ3n) is 5.52. The topological polar surface area (TPSA) is 38.7 Å². The number of hydrogen-bond donors (Lipinski definition) is 2. The Kier molecular flexibility index (Phi) is 6.52. The molecule has 0 atom stereocenters. The van der Waals surface area contributed by atoms with E-state index in [1.807, 2.05) is 0 Å². The lowest BCUT2D eigenvalue weighted by atomic mass is 9.93. The predicted octanol–water partition coefficient (Wildman–Crippen LogP) is 2.61. The summed E-state index contributed by atoms with van der Waals surface area (Å²) in [5, 5.41) is 13.4. The van der Waals surface area contributed by atoms with Gasteiger partial charge in [0.15, 0.2) is 0 Å². The van der Waals surface area contributed by atoms with Crippen LogP contribution in [0.1, 0.15) is 44.6 Å². The van der Waals surface area contributed by atoms with Crippen LogP contribution in [0.4, 0.5) is 5.69 Å². The highest BCUT2D eigenvalue weighted by molar-refractivity contribution is 5.54. The molecule has 1 saturated carbocycles. The number of aliphatic hydroxyl groups is 1. The molecule has 1 heterocycles. The first-order chi connectivity index (χ1) is 11.8. The zero-order valence-electron chi connectivity index (χ0n) is 15.1. The van der Waals surface area contributed by atoms with Crippen LogP contribution >= 0.6 is 0 Å². The second kappa shape index (κ2) is 8.84. The second-order valence-electron chi connectivity index (χ2n) is 7.34. The van der Waals surface area contributed by atoms with E-state index in [-0.39, 0.29) is 6.10 Å². The lowest BCUT2D eigenvalue weighted by molar-refractivity contribution is 0.116. The maximum atomic E-state index is 9.65. The quantitative estimate of drug-likeness (QED) is 0.840. The number of aliphatic hydroxyl groups excluding tert-OH is 1. The number of para-hydroxylation sites is 1. The van der Waals surface area contributed by atoms with Crippen LogP contribution in [0.3, 0.4) is 0 Å². The molecule has 0 unspecified atom stereocenters. The van der Waals surface area contributed by atoms with E-state index < -0.39 is 0 Å². The standard InChI is InChI=1S/C20H33N3O/c1-2-11-22-12-14-23(15-13-22)20-6-4-3-5-17(20)16-21-18-7-9-19(24)10-8-18/h3-6,18-19,21,24H,2,7-16H2,1H3. The maximum Gasteiger partial charge on any atom is 0.0541 e. The van der Waals surface area contributed by atoms with Gasteiger partial charge in [0, 0.05) is 44.5 Å². The fraction of sp³-hybridized carbons (Fsp3) is 0.700. The van der Waals surface area contributed by atoms with Gasteiger partial charge in [-0.2, -0.15) is 0 Å². The van der Waals surface area contributed by atoms with E-state index in [0.29, 0.717) is 6.04 Å². The van der Waals surface area contributed by atoms with Crippen molar-refractivity contribution in [2.75, 3.05) is 37.6 Å². The Labute approximate surface area is 146 Å². The monoisotopic (exact) mass is 331 g/mol. The maximum absolute atomic E-state index is 9.65. The summed E-state index contributed by atoms with van der Waals surface area (Å²) in [5.74, 6) is 0. The molecule has 0 bridgehead atoms. The second-order valence-corrected chi connectivity index (χ2v) is 7.34. The van der Waals surface area contributed by atoms with E-state index in [1.54, 1.807) is 0 Å². The Bertz CT molecular complexity index is 491. The molecule has 2 N–H and O–H groups in total. The molecule has 2 aliphatic rings. The molecular formula is C20H33N3O. The molecule has 1 aliphatic heterocycles. The van der Waals surface area contributed by atoms with E-state index in [0.717, 1.165) is 45.3 Å². The summed E-state index contributed by atoms with van der Waals surface area (Å²) in [4.78, 5) is 5.12. The van der Waals surface area contributed by atoms with Gasteiger partial charge in [-0.3, -0.25) is 4.90 Å². The average molecular weight is 332 g/mol. The highest BCUT2D eigenvalue weighted by Crippen LogP contribution is 2.23. The van der Waals surface area contributed by atoms with Gasteiger partial charge >= 0.3 is 0 Å². The zero-order chi connectivity index (χ0) is 16.8. The molecule has 1 aromatic rings. The minimum Gasteiger partial charge on any atom is -0.393 e. The molecule has 1 aromatic carbocycles. The van der Waals surface area contributed by atoms with Crippen molar-refractivity contribution in [3.63, 3.8) is 0 Å². The Morgan fingerprint density at radius 3 is 2.46 bits per heavy atom. The highest BCUT2D eigenvalue weighted by atomic mass is 16.3. The van der Waals surface area contributed by atoms with E-state index >= 15 is 0 Å². The SMILES string of the molecule is CCCN1CCN(c2ccccc2CNC2CCC(O)CC2)CC1. The first kappa shape index (κ1) is 17.7. The van der Waals surface area contributed by atoms with Gasteiger partial charge in [-0.15, -0.1) is 0 Å². The average Bonchev–Trinajstić information content (AvgIpc) is 2.63. The van der Waals surface area contributed by atoms with E-state index in [2.05, 4.69) is 46.3 Å². The number of rotatable bonds is 6. The molecule has 1 aliphatic carbocycles. The molecule has 1 saturated heterocycles. The van der Waals surface area contributed by atoms with Gasteiger partial charge in [-0.25, -0.2) is 0 Å². The van der Waals surface area contributed by atoms with Crippen molar-refractivity contribution in [3.8, 4) is 0 Å². The van der Waals surface area contributed by atoms with Crippen molar-refractivity contribution in [2.24, 2.45) is 0 Å². The van der Waals surface area contributed by atoms with Crippen LogP contribution in [0.2, 0.25) is 0 Å². The minimum atomic E-state index is -0.0743. The zero-order valence-corrected chi connectivity index (χ0v) is 15.1. The molecule has 4 nitrogen and oxygen atoms in total. The Hall–Kier alpha value is -1.10. The van der Waals surface area contributed by atoms with Crippen LogP contribution < -0.4 is 10.2 Å². The van der Waals surface area contributed by atoms with Crippen LogP contribution in [0.25, 0.3) is 0 Å². The fourth-order valence-corrected chi connectivity index (χ4v) is 4.03. The fourth-order valence-electron chi connectivity index (χ4n) is 4.03. The smallest absolute Gasteiger partial charge is 0.0541 e. The number of nitrogens with zero attached hydrogens (tertiary/aromatic N) is 2. The summed E-state index contributed by atoms with van der Waals surface area (Å²) in [7, 11) is 0. The first-order valence-electron chi connectivity index (χ1n) is 9.73. The predicted molar refractivity (Wildman–Crippen MR) is 100 cm³/mol. The summed E-state index contributed by atoms with van der Waals surface area (Å²) in [5.41, 5.74) is 2.81. The number of piperazine rings is 1. The van der Waals surface area contributed by atoms with Gasteiger partial charge in [0.2, 0.25) is 0 Å². The van der Waals surface area contributed by atoms with Crippen molar-refractivity contribution in [1.29, 1.82) is 0 Å². The first-order valence-corrected chi connectivity index (χ1v) is 9.73. The Balaban J connectivity index is 1.55. The summed E-state index contributed by atoms with van der Waals surface area (Å²) in [6, 6.07) is 9.41. The largest absolute Gasteiger partial charge is 0.393 e. The van der Waals surface area contributed by atoms with Gasteiger partial charge < -0.3 is 15.3 Å². The van der Waals surface area contributed by atoms with Gasteiger partial charge in [-0.1, -0.05) is 25.1 Å². The molecule has 0 radical (unpaired) electrons. The van der Waals surface area contributed by atoms with Crippen LogP contribution in [-0.4, -0.2) is 54.9 Å². The van der Waals surface area contributed by atoms with Crippen LogP contribution in [-0.2, 0) is 6.54 Å². The van der Waals surface area contributed by atoms with Crippen LogP contribution in [0, 0.1) is 0 Å². The molecule has 134 valence electrons.